The third-order valence-electron chi connectivity index (χ3n) is 1.07. The molecule has 2 N–H and O–H groups in total. The van der Waals surface area contributed by atoms with Gasteiger partial charge in [-0.15, -0.1) is 0 Å². The van der Waals surface area contributed by atoms with Crippen LogP contribution < -0.4 is 15.2 Å². The summed E-state index contributed by atoms with van der Waals surface area (Å²) in [6, 6.07) is 3.28. The molecular weight excluding hydrogens is 144 g/mol. The average Bonchev–Trinajstić information content (AvgIpc) is 1.85. The number of hydrogen-bond acceptors (Lipinski definition) is 3. The summed E-state index contributed by atoms with van der Waals surface area (Å²) in [5.41, 5.74) is 5.34. The van der Waals surface area contributed by atoms with E-state index >= 15 is 0 Å². The molecule has 1 aromatic rings. The maximum absolute atomic E-state index is 10.7. The molecule has 0 saturated heterocycles. The fraction of sp³-hybridized carbons (Fsp3) is 0.286. The summed E-state index contributed by atoms with van der Waals surface area (Å²) in [4.78, 5) is 0. The van der Waals surface area contributed by atoms with Crippen LogP contribution in [0.4, 0.5) is 0 Å². The molecule has 0 aliphatic carbocycles. The zero-order chi connectivity index (χ0) is 8.27. The highest BCUT2D eigenvalue weighted by Gasteiger charge is 1.99. The van der Waals surface area contributed by atoms with Gasteiger partial charge in [0.25, 0.3) is 0 Å². The lowest BCUT2D eigenvalue weighted by molar-refractivity contribution is -0.605. The Morgan fingerprint density at radius 2 is 2.45 bits per heavy atom. The fourth-order valence-corrected chi connectivity index (χ4v) is 0.719. The van der Waals surface area contributed by atoms with Gasteiger partial charge in [0.05, 0.1) is 0 Å². The molecule has 60 valence electrons. The third kappa shape index (κ3) is 2.43. The molecule has 0 bridgehead atoms. The van der Waals surface area contributed by atoms with Crippen LogP contribution in [0.1, 0.15) is 6.92 Å². The Morgan fingerprint density at radius 3 is 3.00 bits per heavy atom. The molecule has 0 amide bonds. The quantitative estimate of drug-likeness (QED) is 0.370. The standard InChI is InChI=1S/C7H10N2O2/c1-6(8)11-7-3-2-4-9(10)5-7/h2-6H,8H2,1H3. The number of ether oxygens (including phenoxy) is 1. The van der Waals surface area contributed by atoms with Crippen molar-refractivity contribution in [1.29, 1.82) is 0 Å². The van der Waals surface area contributed by atoms with Gasteiger partial charge in [0.15, 0.2) is 11.9 Å². The normalized spacial score (nSPS) is 12.5. The summed E-state index contributed by atoms with van der Waals surface area (Å²) in [5, 5.41) is 10.7. The van der Waals surface area contributed by atoms with Crippen LogP contribution >= 0.6 is 0 Å². The van der Waals surface area contributed by atoms with Gasteiger partial charge in [-0.1, -0.05) is 0 Å². The van der Waals surface area contributed by atoms with Crippen LogP contribution in [0.15, 0.2) is 24.5 Å². The molecule has 1 heterocycles. The molecular formula is C7H10N2O2. The van der Waals surface area contributed by atoms with E-state index in [0.29, 0.717) is 10.5 Å². The lowest BCUT2D eigenvalue weighted by atomic mass is 10.4. The molecule has 4 nitrogen and oxygen atoms in total. The van der Waals surface area contributed by atoms with Gasteiger partial charge in [0, 0.05) is 6.07 Å². The Kier molecular flexibility index (Phi) is 2.28. The molecule has 1 rings (SSSR count). The van der Waals surface area contributed by atoms with E-state index in [1.165, 1.54) is 12.4 Å². The monoisotopic (exact) mass is 154 g/mol. The van der Waals surface area contributed by atoms with Crippen LogP contribution in [-0.4, -0.2) is 6.23 Å². The lowest BCUT2D eigenvalue weighted by Crippen LogP contribution is -2.27. The van der Waals surface area contributed by atoms with Gasteiger partial charge < -0.3 is 9.94 Å². The van der Waals surface area contributed by atoms with Crippen LogP contribution in [0.2, 0.25) is 0 Å². The summed E-state index contributed by atoms with van der Waals surface area (Å²) in [5.74, 6) is 0.484. The predicted octanol–water partition coefficient (Wildman–Crippen LogP) is 0.00350. The van der Waals surface area contributed by atoms with E-state index in [2.05, 4.69) is 0 Å². The van der Waals surface area contributed by atoms with Gasteiger partial charge in [0.2, 0.25) is 6.20 Å². The Balaban J connectivity index is 2.71. The molecule has 1 unspecified atom stereocenters. The van der Waals surface area contributed by atoms with Crippen molar-refractivity contribution < 1.29 is 9.47 Å². The van der Waals surface area contributed by atoms with Crippen LogP contribution in [0.5, 0.6) is 5.75 Å². The first-order valence-corrected chi connectivity index (χ1v) is 3.29. The minimum atomic E-state index is -0.391. The number of nitrogens with zero attached hydrogens (tertiary/aromatic N) is 1. The zero-order valence-corrected chi connectivity index (χ0v) is 6.23. The van der Waals surface area contributed by atoms with Crippen molar-refractivity contribution in [1.82, 2.24) is 0 Å². The van der Waals surface area contributed by atoms with Crippen molar-refractivity contribution in [2.24, 2.45) is 5.73 Å². The van der Waals surface area contributed by atoms with E-state index in [4.69, 9.17) is 10.5 Å². The lowest BCUT2D eigenvalue weighted by Gasteiger charge is -2.07. The van der Waals surface area contributed by atoms with Crippen molar-refractivity contribution in [2.75, 3.05) is 0 Å². The third-order valence-corrected chi connectivity index (χ3v) is 1.07. The summed E-state index contributed by atoms with van der Waals surface area (Å²) < 4.78 is 5.72. The molecule has 1 atom stereocenters. The SMILES string of the molecule is CC(N)Oc1ccc[n+]([O-])c1. The minimum Gasteiger partial charge on any atom is -0.619 e. The zero-order valence-electron chi connectivity index (χ0n) is 6.23. The molecule has 0 fully saturated rings. The molecule has 11 heavy (non-hydrogen) atoms. The summed E-state index contributed by atoms with van der Waals surface area (Å²) in [7, 11) is 0. The van der Waals surface area contributed by atoms with Crippen LogP contribution in [0, 0.1) is 5.21 Å². The van der Waals surface area contributed by atoms with E-state index in [1.807, 2.05) is 0 Å². The molecule has 0 aliphatic heterocycles. The first-order valence-electron chi connectivity index (χ1n) is 3.29. The molecule has 0 spiro atoms. The molecule has 0 radical (unpaired) electrons. The maximum atomic E-state index is 10.7. The van der Waals surface area contributed by atoms with E-state index in [0.717, 1.165) is 0 Å². The van der Waals surface area contributed by atoms with Gasteiger partial charge in [-0.25, -0.2) is 0 Å². The van der Waals surface area contributed by atoms with Gasteiger partial charge in [-0.05, 0) is 13.0 Å². The molecule has 0 aromatic carbocycles. The summed E-state index contributed by atoms with van der Waals surface area (Å²) >= 11 is 0. The number of pyridine rings is 1. The summed E-state index contributed by atoms with van der Waals surface area (Å²) in [6.45, 7) is 1.70. The van der Waals surface area contributed by atoms with E-state index < -0.39 is 6.23 Å². The summed E-state index contributed by atoms with van der Waals surface area (Å²) in [6.07, 6.45) is 2.31. The van der Waals surface area contributed by atoms with Gasteiger partial charge in [-0.3, -0.25) is 5.73 Å². The van der Waals surface area contributed by atoms with Gasteiger partial charge in [-0.2, -0.15) is 4.73 Å². The Morgan fingerprint density at radius 1 is 1.73 bits per heavy atom. The first-order chi connectivity index (χ1) is 5.18. The second kappa shape index (κ2) is 3.21. The second-order valence-corrected chi connectivity index (χ2v) is 2.22. The highest BCUT2D eigenvalue weighted by atomic mass is 16.5. The predicted molar refractivity (Wildman–Crippen MR) is 39.7 cm³/mol. The molecule has 0 saturated carbocycles. The van der Waals surface area contributed by atoms with Gasteiger partial charge >= 0.3 is 0 Å². The van der Waals surface area contributed by atoms with Crippen molar-refractivity contribution in [2.45, 2.75) is 13.2 Å². The first kappa shape index (κ1) is 7.81. The van der Waals surface area contributed by atoms with Crippen LogP contribution in [0.3, 0.4) is 0 Å². The topological polar surface area (TPSA) is 62.2 Å². The Hall–Kier alpha value is -1.29. The van der Waals surface area contributed by atoms with Crippen molar-refractivity contribution in [3.05, 3.63) is 29.7 Å². The van der Waals surface area contributed by atoms with Gasteiger partial charge in [0.1, 0.15) is 6.23 Å². The van der Waals surface area contributed by atoms with E-state index in [1.54, 1.807) is 19.1 Å². The highest BCUT2D eigenvalue weighted by molar-refractivity contribution is 5.12. The van der Waals surface area contributed by atoms with Crippen molar-refractivity contribution in [3.63, 3.8) is 0 Å². The highest BCUT2D eigenvalue weighted by Crippen LogP contribution is 2.05. The molecule has 1 aromatic heterocycles. The van der Waals surface area contributed by atoms with Crippen LogP contribution in [0.25, 0.3) is 0 Å². The molecule has 4 heteroatoms. The fourth-order valence-electron chi connectivity index (χ4n) is 0.719. The Labute approximate surface area is 64.8 Å². The van der Waals surface area contributed by atoms with E-state index in [9.17, 15) is 5.21 Å². The largest absolute Gasteiger partial charge is 0.619 e. The number of nitrogens with two attached hydrogens (primary N) is 1. The van der Waals surface area contributed by atoms with Crippen LogP contribution in [-0.2, 0) is 0 Å². The maximum Gasteiger partial charge on any atom is 0.222 e. The number of rotatable bonds is 2. The van der Waals surface area contributed by atoms with E-state index in [-0.39, 0.29) is 0 Å². The number of aromatic nitrogens is 1. The number of hydrogen-bond donors (Lipinski definition) is 1. The van der Waals surface area contributed by atoms with Crippen molar-refractivity contribution >= 4 is 0 Å². The smallest absolute Gasteiger partial charge is 0.222 e. The average molecular weight is 154 g/mol. The van der Waals surface area contributed by atoms with Crippen molar-refractivity contribution in [3.8, 4) is 5.75 Å². The Bertz CT molecular complexity index is 238. The molecule has 0 aliphatic rings. The second-order valence-electron chi connectivity index (χ2n) is 2.22. The minimum absolute atomic E-state index is 0.391.